The van der Waals surface area contributed by atoms with Crippen LogP contribution >= 0.6 is 0 Å². The van der Waals surface area contributed by atoms with Crippen molar-refractivity contribution < 1.29 is 19.4 Å². The summed E-state index contributed by atoms with van der Waals surface area (Å²) < 4.78 is 11.0. The van der Waals surface area contributed by atoms with Gasteiger partial charge in [0.05, 0.1) is 13.2 Å². The first-order valence-corrected chi connectivity index (χ1v) is 12.5. The number of nitrogens with one attached hydrogen (secondary N) is 1. The summed E-state index contributed by atoms with van der Waals surface area (Å²) in [7, 11) is 0. The standard InChI is InChI=1S/C27H38N2O4/c1-3-10-26(31)11-12-27(4-2)22(20-26)7-6-21-19-23(8-9-24(21)27)33-25(30)28-13-5-14-29-15-17-32-18-16-29/h8-9,19,22,31H,4-7,11-18,20H2,1-2H3,(H,28,30)/t22-,26-,27+/m1/s1. The molecule has 1 aliphatic heterocycles. The van der Waals surface area contributed by atoms with Crippen LogP contribution in [0.15, 0.2) is 18.2 Å². The van der Waals surface area contributed by atoms with Gasteiger partial charge in [0.1, 0.15) is 11.4 Å². The van der Waals surface area contributed by atoms with Crippen molar-refractivity contribution in [3.05, 3.63) is 29.3 Å². The van der Waals surface area contributed by atoms with Crippen LogP contribution in [0, 0.1) is 17.8 Å². The molecule has 6 nitrogen and oxygen atoms in total. The van der Waals surface area contributed by atoms with E-state index in [0.717, 1.165) is 71.4 Å². The van der Waals surface area contributed by atoms with Crippen LogP contribution < -0.4 is 10.1 Å². The van der Waals surface area contributed by atoms with E-state index in [-0.39, 0.29) is 5.41 Å². The molecule has 1 heterocycles. The topological polar surface area (TPSA) is 71.0 Å². The van der Waals surface area contributed by atoms with E-state index in [2.05, 4.69) is 35.0 Å². The summed E-state index contributed by atoms with van der Waals surface area (Å²) in [5, 5.41) is 13.8. The highest BCUT2D eigenvalue weighted by atomic mass is 16.6. The van der Waals surface area contributed by atoms with Crippen molar-refractivity contribution in [3.63, 3.8) is 0 Å². The molecule has 3 aliphatic rings. The van der Waals surface area contributed by atoms with Crippen LogP contribution in [0.1, 0.15) is 63.5 Å². The normalized spacial score (nSPS) is 29.2. The van der Waals surface area contributed by atoms with Crippen molar-refractivity contribution in [2.75, 3.05) is 39.4 Å². The van der Waals surface area contributed by atoms with Gasteiger partial charge >= 0.3 is 6.09 Å². The highest BCUT2D eigenvalue weighted by Crippen LogP contribution is 2.54. The van der Waals surface area contributed by atoms with E-state index < -0.39 is 11.7 Å². The summed E-state index contributed by atoms with van der Waals surface area (Å²) in [5.74, 6) is 7.02. The number of hydrogen-bond donors (Lipinski definition) is 2. The average molecular weight is 455 g/mol. The molecule has 2 N–H and O–H groups in total. The summed E-state index contributed by atoms with van der Waals surface area (Å²) in [6, 6.07) is 6.13. The maximum Gasteiger partial charge on any atom is 0.412 e. The molecule has 4 rings (SSSR count). The molecule has 180 valence electrons. The third-order valence-corrected chi connectivity index (χ3v) is 7.95. The zero-order chi connectivity index (χ0) is 23.3. The van der Waals surface area contributed by atoms with Gasteiger partial charge in [0.25, 0.3) is 0 Å². The van der Waals surface area contributed by atoms with Gasteiger partial charge in [0.15, 0.2) is 0 Å². The van der Waals surface area contributed by atoms with Gasteiger partial charge in [-0.25, -0.2) is 4.79 Å². The van der Waals surface area contributed by atoms with Gasteiger partial charge in [-0.05, 0) is 93.0 Å². The van der Waals surface area contributed by atoms with Crippen molar-refractivity contribution in [1.29, 1.82) is 0 Å². The average Bonchev–Trinajstić information content (AvgIpc) is 2.82. The van der Waals surface area contributed by atoms with Gasteiger partial charge in [0, 0.05) is 19.6 Å². The first-order chi connectivity index (χ1) is 16.0. The number of benzene rings is 1. The third kappa shape index (κ3) is 5.37. The summed E-state index contributed by atoms with van der Waals surface area (Å²) in [5.41, 5.74) is 1.87. The lowest BCUT2D eigenvalue weighted by Crippen LogP contribution is -2.49. The Labute approximate surface area is 198 Å². The highest BCUT2D eigenvalue weighted by Gasteiger charge is 2.50. The number of fused-ring (bicyclic) bond motifs is 3. The van der Waals surface area contributed by atoms with Gasteiger partial charge in [-0.1, -0.05) is 18.9 Å². The number of carbonyl (C=O) groups is 1. The number of amides is 1. The molecule has 2 fully saturated rings. The zero-order valence-electron chi connectivity index (χ0n) is 20.1. The Kier molecular flexibility index (Phi) is 7.63. The molecule has 1 aromatic rings. The molecule has 1 saturated carbocycles. The molecular formula is C27H38N2O4. The maximum absolute atomic E-state index is 12.3. The molecular weight excluding hydrogens is 416 g/mol. The van der Waals surface area contributed by atoms with E-state index in [1.54, 1.807) is 6.92 Å². The third-order valence-electron chi connectivity index (χ3n) is 7.95. The van der Waals surface area contributed by atoms with E-state index in [0.29, 0.717) is 24.6 Å². The van der Waals surface area contributed by atoms with Gasteiger partial charge in [-0.2, -0.15) is 0 Å². The smallest absolute Gasteiger partial charge is 0.410 e. The molecule has 1 saturated heterocycles. The number of ether oxygens (including phenoxy) is 2. The van der Waals surface area contributed by atoms with Crippen molar-refractivity contribution in [2.45, 2.75) is 69.8 Å². The Balaban J connectivity index is 1.35. The molecule has 3 atom stereocenters. The Morgan fingerprint density at radius 3 is 2.91 bits per heavy atom. The lowest BCUT2D eigenvalue weighted by molar-refractivity contribution is -0.00925. The molecule has 33 heavy (non-hydrogen) atoms. The van der Waals surface area contributed by atoms with E-state index >= 15 is 0 Å². The van der Waals surface area contributed by atoms with Crippen LogP contribution in [0.4, 0.5) is 4.79 Å². The first-order valence-electron chi connectivity index (χ1n) is 12.5. The van der Waals surface area contributed by atoms with E-state index in [4.69, 9.17) is 9.47 Å². The molecule has 1 amide bonds. The van der Waals surface area contributed by atoms with E-state index in [9.17, 15) is 9.90 Å². The fourth-order valence-corrected chi connectivity index (χ4v) is 6.19. The quantitative estimate of drug-likeness (QED) is 0.507. The second-order valence-electron chi connectivity index (χ2n) is 9.80. The Morgan fingerprint density at radius 2 is 2.15 bits per heavy atom. The number of nitrogens with zero attached hydrogens (tertiary/aromatic N) is 1. The van der Waals surface area contributed by atoms with Crippen molar-refractivity contribution >= 4 is 6.09 Å². The summed E-state index contributed by atoms with van der Waals surface area (Å²) >= 11 is 0. The second kappa shape index (κ2) is 10.5. The number of morpholine rings is 1. The fraction of sp³-hybridized carbons (Fsp3) is 0.667. The Hall–Kier alpha value is -2.07. The van der Waals surface area contributed by atoms with Crippen LogP contribution in [0.25, 0.3) is 0 Å². The number of aliphatic hydroxyl groups is 1. The lowest BCUT2D eigenvalue weighted by Gasteiger charge is -2.52. The number of aryl methyl sites for hydroxylation is 1. The predicted octanol–water partition coefficient (Wildman–Crippen LogP) is 3.65. The van der Waals surface area contributed by atoms with Gasteiger partial charge in [-0.15, -0.1) is 5.92 Å². The maximum atomic E-state index is 12.3. The summed E-state index contributed by atoms with van der Waals surface area (Å²) in [4.78, 5) is 14.7. The van der Waals surface area contributed by atoms with Crippen LogP contribution in [-0.4, -0.2) is 61.1 Å². The van der Waals surface area contributed by atoms with Gasteiger partial charge < -0.3 is 19.9 Å². The fourth-order valence-electron chi connectivity index (χ4n) is 6.19. The molecule has 0 radical (unpaired) electrons. The first kappa shape index (κ1) is 24.1. The van der Waals surface area contributed by atoms with Gasteiger partial charge in [0.2, 0.25) is 0 Å². The molecule has 0 spiro atoms. The summed E-state index contributed by atoms with van der Waals surface area (Å²) in [6.45, 7) is 9.14. The lowest BCUT2D eigenvalue weighted by atomic mass is 9.53. The van der Waals surface area contributed by atoms with Crippen LogP contribution in [0.5, 0.6) is 5.75 Å². The van der Waals surface area contributed by atoms with E-state index in [1.165, 1.54) is 11.1 Å². The predicted molar refractivity (Wildman–Crippen MR) is 128 cm³/mol. The largest absolute Gasteiger partial charge is 0.412 e. The molecule has 1 aromatic carbocycles. The minimum atomic E-state index is -0.849. The Bertz CT molecular complexity index is 901. The zero-order valence-corrected chi connectivity index (χ0v) is 20.1. The number of rotatable bonds is 6. The number of carbonyl (C=O) groups excluding carboxylic acids is 1. The molecule has 6 heteroatoms. The molecule has 0 bridgehead atoms. The van der Waals surface area contributed by atoms with Crippen LogP contribution in [0.2, 0.25) is 0 Å². The SMILES string of the molecule is CC#C[C@@]1(O)CC[C@]2(CC)c3ccc(OC(=O)NCCCN4CCOCC4)cc3CC[C@@H]2C1. The Morgan fingerprint density at radius 1 is 1.33 bits per heavy atom. The van der Waals surface area contributed by atoms with Crippen molar-refractivity contribution in [1.82, 2.24) is 10.2 Å². The molecule has 2 aliphatic carbocycles. The van der Waals surface area contributed by atoms with Gasteiger partial charge in [-0.3, -0.25) is 4.90 Å². The monoisotopic (exact) mass is 454 g/mol. The number of hydrogen-bond acceptors (Lipinski definition) is 5. The molecule has 0 aromatic heterocycles. The van der Waals surface area contributed by atoms with Crippen molar-refractivity contribution in [2.24, 2.45) is 5.92 Å². The second-order valence-corrected chi connectivity index (χ2v) is 9.80. The minimum absolute atomic E-state index is 0.0789. The van der Waals surface area contributed by atoms with Crippen LogP contribution in [-0.2, 0) is 16.6 Å². The molecule has 0 unspecified atom stereocenters. The minimum Gasteiger partial charge on any atom is -0.410 e. The van der Waals surface area contributed by atoms with Crippen molar-refractivity contribution in [3.8, 4) is 17.6 Å². The van der Waals surface area contributed by atoms with E-state index in [1.807, 2.05) is 12.1 Å². The summed E-state index contributed by atoms with van der Waals surface area (Å²) in [6.07, 6.45) is 5.92. The highest BCUT2D eigenvalue weighted by molar-refractivity contribution is 5.70. The van der Waals surface area contributed by atoms with Crippen LogP contribution in [0.3, 0.4) is 0 Å².